The molecule has 0 atom stereocenters. The Balaban J connectivity index is 1.47. The van der Waals surface area contributed by atoms with Crippen LogP contribution in [0.2, 0.25) is 0 Å². The Labute approximate surface area is 164 Å². The molecule has 1 saturated heterocycles. The number of ether oxygens (including phenoxy) is 2. The highest BCUT2D eigenvalue weighted by atomic mass is 32.1. The van der Waals surface area contributed by atoms with Gasteiger partial charge in [0.1, 0.15) is 11.5 Å². The van der Waals surface area contributed by atoms with Crippen molar-refractivity contribution in [3.8, 4) is 11.5 Å². The number of piperidine rings is 1. The maximum absolute atomic E-state index is 12.2. The third kappa shape index (κ3) is 6.22. The van der Waals surface area contributed by atoms with Crippen molar-refractivity contribution in [2.75, 3.05) is 31.6 Å². The molecule has 3 rings (SSSR count). The molecular weight excluding hydrogens is 362 g/mol. The zero-order valence-corrected chi connectivity index (χ0v) is 16.7. The standard InChI is InChI=1S/C20H27N3O3S/c1-14(2)12-25-16-4-3-5-17(10-16)26-13-19(24)23-20-22-11-18(27-20)15-6-8-21-9-7-15/h3-5,10-11,14-15,21H,6-9,12-13H2,1-2H3,(H,22,23,24). The summed E-state index contributed by atoms with van der Waals surface area (Å²) in [6, 6.07) is 7.35. The smallest absolute Gasteiger partial charge is 0.264 e. The molecule has 1 aliphatic heterocycles. The van der Waals surface area contributed by atoms with Crippen molar-refractivity contribution in [3.63, 3.8) is 0 Å². The summed E-state index contributed by atoms with van der Waals surface area (Å²) in [5.74, 6) is 2.14. The van der Waals surface area contributed by atoms with Crippen LogP contribution in [0.5, 0.6) is 11.5 Å². The van der Waals surface area contributed by atoms with Crippen LogP contribution in [-0.2, 0) is 4.79 Å². The molecule has 1 aromatic heterocycles. The molecule has 0 unspecified atom stereocenters. The molecule has 1 amide bonds. The number of hydrogen-bond donors (Lipinski definition) is 2. The largest absolute Gasteiger partial charge is 0.493 e. The maximum Gasteiger partial charge on any atom is 0.264 e. The van der Waals surface area contributed by atoms with Gasteiger partial charge in [0.25, 0.3) is 5.91 Å². The summed E-state index contributed by atoms with van der Waals surface area (Å²) in [6.45, 7) is 6.86. The van der Waals surface area contributed by atoms with E-state index in [0.29, 0.717) is 29.3 Å². The van der Waals surface area contributed by atoms with E-state index in [1.807, 2.05) is 24.4 Å². The second-order valence-electron chi connectivity index (χ2n) is 7.11. The molecule has 2 N–H and O–H groups in total. The molecule has 6 nitrogen and oxygen atoms in total. The van der Waals surface area contributed by atoms with Gasteiger partial charge >= 0.3 is 0 Å². The van der Waals surface area contributed by atoms with Crippen LogP contribution in [0.3, 0.4) is 0 Å². The fourth-order valence-electron chi connectivity index (χ4n) is 2.86. The summed E-state index contributed by atoms with van der Waals surface area (Å²) in [5.41, 5.74) is 0. The Hall–Kier alpha value is -2.12. The predicted octanol–water partition coefficient (Wildman–Crippen LogP) is 3.66. The van der Waals surface area contributed by atoms with E-state index < -0.39 is 0 Å². The zero-order chi connectivity index (χ0) is 19.1. The van der Waals surface area contributed by atoms with E-state index in [1.54, 1.807) is 17.4 Å². The summed E-state index contributed by atoms with van der Waals surface area (Å²) in [6.07, 6.45) is 4.12. The van der Waals surface area contributed by atoms with E-state index >= 15 is 0 Å². The Morgan fingerprint density at radius 1 is 1.30 bits per heavy atom. The van der Waals surface area contributed by atoms with Crippen LogP contribution in [-0.4, -0.2) is 37.2 Å². The number of benzene rings is 1. The molecule has 7 heteroatoms. The topological polar surface area (TPSA) is 72.5 Å². The Bertz CT molecular complexity index is 742. The predicted molar refractivity (Wildman–Crippen MR) is 108 cm³/mol. The second kappa shape index (κ2) is 9.71. The van der Waals surface area contributed by atoms with Crippen LogP contribution in [0.25, 0.3) is 0 Å². The lowest BCUT2D eigenvalue weighted by atomic mass is 9.97. The molecular formula is C20H27N3O3S. The van der Waals surface area contributed by atoms with E-state index in [-0.39, 0.29) is 12.5 Å². The molecule has 2 heterocycles. The number of carbonyl (C=O) groups excluding carboxylic acids is 1. The van der Waals surface area contributed by atoms with Gasteiger partial charge in [0, 0.05) is 17.1 Å². The lowest BCUT2D eigenvalue weighted by Gasteiger charge is -2.20. The number of nitrogens with one attached hydrogen (secondary N) is 2. The van der Waals surface area contributed by atoms with Gasteiger partial charge in [-0.05, 0) is 49.9 Å². The van der Waals surface area contributed by atoms with Crippen LogP contribution < -0.4 is 20.1 Å². The summed E-state index contributed by atoms with van der Waals surface area (Å²) >= 11 is 1.55. The fraction of sp³-hybridized carbons (Fsp3) is 0.500. The average Bonchev–Trinajstić information content (AvgIpc) is 3.14. The number of hydrogen-bond acceptors (Lipinski definition) is 6. The fourth-order valence-corrected chi connectivity index (χ4v) is 3.86. The SMILES string of the molecule is CC(C)COc1cccc(OCC(=O)Nc2ncc(C3CCNCC3)s2)c1. The van der Waals surface area contributed by atoms with Crippen LogP contribution >= 0.6 is 11.3 Å². The van der Waals surface area contributed by atoms with Gasteiger partial charge in [0.15, 0.2) is 11.7 Å². The number of thiazole rings is 1. The molecule has 1 aliphatic rings. The van der Waals surface area contributed by atoms with Crippen LogP contribution in [0, 0.1) is 5.92 Å². The molecule has 0 saturated carbocycles. The zero-order valence-electron chi connectivity index (χ0n) is 15.9. The van der Waals surface area contributed by atoms with Gasteiger partial charge in [-0.15, -0.1) is 11.3 Å². The van der Waals surface area contributed by atoms with Crippen LogP contribution in [0.15, 0.2) is 30.5 Å². The normalized spacial score (nSPS) is 14.9. The molecule has 0 radical (unpaired) electrons. The summed E-state index contributed by atoms with van der Waals surface area (Å²) < 4.78 is 11.3. The van der Waals surface area contributed by atoms with Gasteiger partial charge in [0.05, 0.1) is 6.61 Å². The van der Waals surface area contributed by atoms with Crippen LogP contribution in [0.4, 0.5) is 5.13 Å². The molecule has 27 heavy (non-hydrogen) atoms. The number of anilines is 1. The highest BCUT2D eigenvalue weighted by Gasteiger charge is 2.18. The Morgan fingerprint density at radius 2 is 2.04 bits per heavy atom. The number of rotatable bonds is 8. The number of nitrogens with zero attached hydrogens (tertiary/aromatic N) is 1. The first-order valence-corrected chi connectivity index (χ1v) is 10.2. The monoisotopic (exact) mass is 389 g/mol. The van der Waals surface area contributed by atoms with E-state index in [2.05, 4.69) is 29.5 Å². The first-order valence-electron chi connectivity index (χ1n) is 9.42. The minimum absolute atomic E-state index is 0.0596. The maximum atomic E-state index is 12.2. The summed E-state index contributed by atoms with van der Waals surface area (Å²) in [7, 11) is 0. The van der Waals surface area contributed by atoms with Gasteiger partial charge in [-0.25, -0.2) is 4.98 Å². The van der Waals surface area contributed by atoms with Crippen molar-refractivity contribution in [2.24, 2.45) is 5.92 Å². The summed E-state index contributed by atoms with van der Waals surface area (Å²) in [5, 5.41) is 6.82. The molecule has 0 bridgehead atoms. The highest BCUT2D eigenvalue weighted by molar-refractivity contribution is 7.15. The van der Waals surface area contributed by atoms with Crippen molar-refractivity contribution in [2.45, 2.75) is 32.6 Å². The minimum Gasteiger partial charge on any atom is -0.493 e. The van der Waals surface area contributed by atoms with Crippen molar-refractivity contribution >= 4 is 22.4 Å². The number of amides is 1. The van der Waals surface area contributed by atoms with E-state index in [0.717, 1.165) is 31.7 Å². The lowest BCUT2D eigenvalue weighted by Crippen LogP contribution is -2.26. The highest BCUT2D eigenvalue weighted by Crippen LogP contribution is 2.31. The molecule has 1 fully saturated rings. The van der Waals surface area contributed by atoms with Gasteiger partial charge < -0.3 is 14.8 Å². The third-order valence-corrected chi connectivity index (χ3v) is 5.35. The minimum atomic E-state index is -0.213. The van der Waals surface area contributed by atoms with Crippen molar-refractivity contribution in [1.82, 2.24) is 10.3 Å². The average molecular weight is 390 g/mol. The molecule has 0 spiro atoms. The van der Waals surface area contributed by atoms with Gasteiger partial charge in [-0.1, -0.05) is 19.9 Å². The first-order chi connectivity index (χ1) is 13.1. The van der Waals surface area contributed by atoms with Crippen molar-refractivity contribution < 1.29 is 14.3 Å². The van der Waals surface area contributed by atoms with Crippen LogP contribution in [0.1, 0.15) is 37.5 Å². The van der Waals surface area contributed by atoms with Gasteiger partial charge in [-0.2, -0.15) is 0 Å². The lowest BCUT2D eigenvalue weighted by molar-refractivity contribution is -0.118. The summed E-state index contributed by atoms with van der Waals surface area (Å²) in [4.78, 5) is 17.7. The molecule has 2 aromatic rings. The number of carbonyl (C=O) groups is 1. The Kier molecular flexibility index (Phi) is 7.06. The molecule has 146 valence electrons. The van der Waals surface area contributed by atoms with Crippen molar-refractivity contribution in [1.29, 1.82) is 0 Å². The molecule has 1 aromatic carbocycles. The van der Waals surface area contributed by atoms with E-state index in [4.69, 9.17) is 9.47 Å². The molecule has 0 aliphatic carbocycles. The van der Waals surface area contributed by atoms with E-state index in [1.165, 1.54) is 4.88 Å². The van der Waals surface area contributed by atoms with E-state index in [9.17, 15) is 4.79 Å². The Morgan fingerprint density at radius 3 is 2.78 bits per heavy atom. The second-order valence-corrected chi connectivity index (χ2v) is 8.17. The third-order valence-electron chi connectivity index (χ3n) is 4.27. The van der Waals surface area contributed by atoms with Crippen molar-refractivity contribution in [3.05, 3.63) is 35.3 Å². The number of aromatic nitrogens is 1. The quantitative estimate of drug-likeness (QED) is 0.721. The van der Waals surface area contributed by atoms with Gasteiger partial charge in [0.2, 0.25) is 0 Å². The van der Waals surface area contributed by atoms with Gasteiger partial charge in [-0.3, -0.25) is 10.1 Å². The first kappa shape index (κ1) is 19.6.